The molecule has 1 aliphatic carbocycles. The third-order valence-corrected chi connectivity index (χ3v) is 12.4. The van der Waals surface area contributed by atoms with Gasteiger partial charge in [-0.3, -0.25) is 0 Å². The zero-order valence-corrected chi connectivity index (χ0v) is 23.2. The second kappa shape index (κ2) is 14.6. The predicted molar refractivity (Wildman–Crippen MR) is 156 cm³/mol. The van der Waals surface area contributed by atoms with Gasteiger partial charge >= 0.3 is 53.3 Å². The van der Waals surface area contributed by atoms with Crippen molar-refractivity contribution in [1.82, 2.24) is 0 Å². The van der Waals surface area contributed by atoms with Gasteiger partial charge in [-0.05, 0) is 49.4 Å². The first kappa shape index (κ1) is 26.1. The van der Waals surface area contributed by atoms with Gasteiger partial charge in [0.15, 0.2) is 0 Å². The summed E-state index contributed by atoms with van der Waals surface area (Å²) in [6.45, 7) is 0. The summed E-state index contributed by atoms with van der Waals surface area (Å²) in [5.74, 6) is 0. The molecule has 4 aromatic carbocycles. The number of rotatable bonds is 8. The summed E-state index contributed by atoms with van der Waals surface area (Å²) in [7, 11) is 4.80. The van der Waals surface area contributed by atoms with Gasteiger partial charge in [-0.25, -0.2) is 0 Å². The van der Waals surface area contributed by atoms with Gasteiger partial charge in [0, 0.05) is 0 Å². The van der Waals surface area contributed by atoms with E-state index in [-0.39, 0.29) is 15.8 Å². The van der Waals surface area contributed by atoms with Crippen molar-refractivity contribution in [3.8, 4) is 0 Å². The molecule has 0 saturated heterocycles. The van der Waals surface area contributed by atoms with E-state index < -0.39 is 0 Å². The van der Waals surface area contributed by atoms with E-state index in [9.17, 15) is 0 Å². The van der Waals surface area contributed by atoms with Crippen LogP contribution in [0.2, 0.25) is 0 Å². The molecule has 0 fully saturated rings. The summed E-state index contributed by atoms with van der Waals surface area (Å²) in [5.41, 5.74) is 0. The van der Waals surface area contributed by atoms with Crippen molar-refractivity contribution < 1.29 is 14.0 Å². The van der Waals surface area contributed by atoms with Crippen molar-refractivity contribution in [1.29, 1.82) is 0 Å². The van der Waals surface area contributed by atoms with Gasteiger partial charge in [0.05, 0.1) is 0 Å². The summed E-state index contributed by atoms with van der Waals surface area (Å²) >= 11 is 0.688. The van der Waals surface area contributed by atoms with E-state index >= 15 is 0 Å². The maximum atomic E-state index is 5.50. The second-order valence-corrected chi connectivity index (χ2v) is 14.1. The van der Waals surface area contributed by atoms with Gasteiger partial charge in [-0.2, -0.15) is 0 Å². The molecule has 5 rings (SSSR count). The van der Waals surface area contributed by atoms with Crippen LogP contribution in [0.4, 0.5) is 0 Å². The molecule has 0 bridgehead atoms. The van der Waals surface area contributed by atoms with E-state index in [1.165, 1.54) is 38.0 Å². The number of halogens is 1. The maximum absolute atomic E-state index is 5.50. The van der Waals surface area contributed by atoms with Gasteiger partial charge in [0.25, 0.3) is 0 Å². The average Bonchev–Trinajstić information content (AvgIpc) is 3.48. The van der Waals surface area contributed by atoms with Crippen LogP contribution >= 0.6 is 25.9 Å². The van der Waals surface area contributed by atoms with Crippen molar-refractivity contribution in [2.75, 3.05) is 12.3 Å². The topological polar surface area (TPSA) is 0 Å². The Bertz CT molecular complexity index is 1030. The normalized spacial score (nSPS) is 12.5. The summed E-state index contributed by atoms with van der Waals surface area (Å²) < 4.78 is 1.32. The quantitative estimate of drug-likeness (QED) is 0.158. The fraction of sp³-hybridized carbons (Fsp3) is 0.0968. The molecule has 0 nitrogen and oxygen atoms in total. The standard InChI is InChI=1S/C26H24P2.C5H5.ClH.Fe/c1-5-13-23(14-6-1)27(24-15-7-2-8-16-24)21-22-28(25-17-9-3-10-18-25)26-19-11-4-12-20-26;1-2-4-5-3-1;;/h1-20H,21-22H2;1-3H,4H2;1H;/q;;;+1/p-1. The van der Waals surface area contributed by atoms with Crippen molar-refractivity contribution in [2.24, 2.45) is 0 Å². The smallest absolute Gasteiger partial charge is 0.0195 e. The van der Waals surface area contributed by atoms with Crippen molar-refractivity contribution >= 4 is 47.2 Å². The Hall–Kier alpha value is -1.97. The molecule has 35 heavy (non-hydrogen) atoms. The van der Waals surface area contributed by atoms with Crippen LogP contribution in [0.5, 0.6) is 0 Å². The van der Waals surface area contributed by atoms with Crippen LogP contribution in [0.1, 0.15) is 6.42 Å². The Labute approximate surface area is 223 Å². The van der Waals surface area contributed by atoms with Gasteiger partial charge in [0.1, 0.15) is 0 Å². The fourth-order valence-electron chi connectivity index (χ4n) is 3.91. The van der Waals surface area contributed by atoms with E-state index in [2.05, 4.69) is 133 Å². The molecule has 0 unspecified atom stereocenters. The van der Waals surface area contributed by atoms with Crippen molar-refractivity contribution in [2.45, 2.75) is 6.42 Å². The molecule has 0 N–H and O–H groups in total. The summed E-state index contributed by atoms with van der Waals surface area (Å²) in [6, 6.07) is 44.2. The van der Waals surface area contributed by atoms with Crippen LogP contribution in [-0.2, 0) is 14.0 Å². The average molecular weight is 555 g/mol. The van der Waals surface area contributed by atoms with Crippen molar-refractivity contribution in [3.05, 3.63) is 144 Å². The molecule has 0 aromatic heterocycles. The van der Waals surface area contributed by atoms with Crippen LogP contribution in [0.3, 0.4) is 0 Å². The maximum Gasteiger partial charge on any atom is -0.0195 e. The minimum Gasteiger partial charge on any atom is -0.0622 e. The van der Waals surface area contributed by atoms with E-state index in [0.29, 0.717) is 14.0 Å². The van der Waals surface area contributed by atoms with E-state index in [1.54, 1.807) is 0 Å². The summed E-state index contributed by atoms with van der Waals surface area (Å²) in [6.07, 6.45) is 9.68. The number of allylic oxidation sites excluding steroid dienone is 4. The second-order valence-electron chi connectivity index (χ2n) is 7.94. The minimum absolute atomic E-state index is 0.348. The Balaban J connectivity index is 0.000000356. The molecule has 4 heteroatoms. The molecule has 0 atom stereocenters. The number of hydrogen-bond donors (Lipinski definition) is 0. The first-order valence-electron chi connectivity index (χ1n) is 11.7. The first-order valence-corrected chi connectivity index (χ1v) is 16.8. The summed E-state index contributed by atoms with van der Waals surface area (Å²) in [5, 5.41) is 5.89. The number of benzene rings is 4. The molecule has 0 heterocycles. The molecule has 0 saturated carbocycles. The van der Waals surface area contributed by atoms with Crippen LogP contribution in [0, 0.1) is 0 Å². The SMILES string of the molecule is [Cl][Fe][C]1=CC=CC1.c1ccc(P(CCP(c2ccccc2)c2ccccc2)c2ccccc2)cc1. The van der Waals surface area contributed by atoms with Gasteiger partial charge in [0.2, 0.25) is 0 Å². The first-order chi connectivity index (χ1) is 17.3. The van der Waals surface area contributed by atoms with Crippen LogP contribution in [0.15, 0.2) is 144 Å². The Morgan fingerprint density at radius 2 is 0.886 bits per heavy atom. The number of hydrogen-bond acceptors (Lipinski definition) is 0. The molecule has 0 amide bonds. The predicted octanol–water partition coefficient (Wildman–Crippen LogP) is 7.32. The summed E-state index contributed by atoms with van der Waals surface area (Å²) in [4.78, 5) is 0. The molecule has 0 radical (unpaired) electrons. The molecule has 1 aliphatic rings. The Morgan fingerprint density at radius 3 is 1.11 bits per heavy atom. The van der Waals surface area contributed by atoms with Gasteiger partial charge in [-0.1, -0.05) is 121 Å². The molecule has 178 valence electrons. The zero-order chi connectivity index (χ0) is 24.1. The van der Waals surface area contributed by atoms with E-state index in [1.807, 2.05) is 6.08 Å². The van der Waals surface area contributed by atoms with Gasteiger partial charge in [-0.15, -0.1) is 0 Å². The van der Waals surface area contributed by atoms with E-state index in [4.69, 9.17) is 10.1 Å². The Kier molecular flexibility index (Phi) is 10.9. The van der Waals surface area contributed by atoms with Gasteiger partial charge < -0.3 is 0 Å². The Morgan fingerprint density at radius 1 is 0.543 bits per heavy atom. The molecular formula is C31H29ClFeP2. The molecular weight excluding hydrogens is 526 g/mol. The van der Waals surface area contributed by atoms with Crippen molar-refractivity contribution in [3.63, 3.8) is 0 Å². The third kappa shape index (κ3) is 8.02. The largest absolute Gasteiger partial charge is 0.0622 e. The fourth-order valence-corrected chi connectivity index (χ4v) is 10.1. The van der Waals surface area contributed by atoms with Crippen LogP contribution in [-0.4, -0.2) is 12.3 Å². The van der Waals surface area contributed by atoms with Crippen LogP contribution < -0.4 is 21.2 Å². The van der Waals surface area contributed by atoms with E-state index in [0.717, 1.165) is 6.42 Å². The molecule has 0 spiro atoms. The third-order valence-electron chi connectivity index (χ3n) is 5.62. The van der Waals surface area contributed by atoms with Crippen LogP contribution in [0.25, 0.3) is 0 Å². The molecule has 4 aromatic rings. The monoisotopic (exact) mass is 554 g/mol. The minimum atomic E-state index is -0.348. The zero-order valence-electron chi connectivity index (χ0n) is 19.5. The molecule has 0 aliphatic heterocycles.